The van der Waals surface area contributed by atoms with Gasteiger partial charge in [-0.2, -0.15) is 4.98 Å². The van der Waals surface area contributed by atoms with Crippen molar-refractivity contribution < 1.29 is 9.32 Å². The number of rotatable bonds is 5. The molecule has 2 aromatic rings. The first kappa shape index (κ1) is 16.2. The Morgan fingerprint density at radius 1 is 1.12 bits per heavy atom. The van der Waals surface area contributed by atoms with Crippen molar-refractivity contribution in [2.24, 2.45) is 5.92 Å². The average molecular weight is 341 g/mol. The molecule has 0 unspecified atom stereocenters. The molecule has 0 atom stereocenters. The second kappa shape index (κ2) is 7.29. The zero-order chi connectivity index (χ0) is 17.1. The molecule has 1 saturated carbocycles. The molecule has 0 spiro atoms. The molecule has 1 aliphatic heterocycles. The number of likely N-dealkylation sites (tertiary alicyclic amines) is 1. The van der Waals surface area contributed by atoms with E-state index in [1.165, 1.54) is 32.1 Å². The Balaban J connectivity index is 1.26. The summed E-state index contributed by atoms with van der Waals surface area (Å²) in [6, 6.07) is 1.74. The van der Waals surface area contributed by atoms with E-state index in [4.69, 9.17) is 4.52 Å². The molecule has 0 aromatic carbocycles. The predicted molar refractivity (Wildman–Crippen MR) is 90.5 cm³/mol. The monoisotopic (exact) mass is 341 g/mol. The van der Waals surface area contributed by atoms with E-state index in [9.17, 15) is 4.79 Å². The van der Waals surface area contributed by atoms with Crippen LogP contribution in [0.2, 0.25) is 0 Å². The summed E-state index contributed by atoms with van der Waals surface area (Å²) in [4.78, 5) is 26.8. The normalized spacial score (nSPS) is 19.0. The maximum Gasteiger partial charge on any atom is 0.240 e. The van der Waals surface area contributed by atoms with Crippen LogP contribution < -0.4 is 0 Å². The molecule has 2 aliphatic rings. The number of carbonyl (C=O) groups is 1. The van der Waals surface area contributed by atoms with Crippen molar-refractivity contribution in [3.63, 3.8) is 0 Å². The Labute approximate surface area is 146 Å². The smallest absolute Gasteiger partial charge is 0.240 e. The van der Waals surface area contributed by atoms with Crippen molar-refractivity contribution in [2.75, 3.05) is 13.1 Å². The molecule has 132 valence electrons. The highest BCUT2D eigenvalue weighted by Gasteiger charge is 2.35. The zero-order valence-corrected chi connectivity index (χ0v) is 14.3. The number of hydrogen-bond donors (Lipinski definition) is 0. The lowest BCUT2D eigenvalue weighted by atomic mass is 9.86. The third-order valence-electron chi connectivity index (χ3n) is 5.28. The van der Waals surface area contributed by atoms with Gasteiger partial charge in [0.25, 0.3) is 0 Å². The van der Waals surface area contributed by atoms with Crippen molar-refractivity contribution in [2.45, 2.75) is 50.9 Å². The van der Waals surface area contributed by atoms with Gasteiger partial charge in [-0.15, -0.1) is 0 Å². The topological polar surface area (TPSA) is 85.0 Å². The van der Waals surface area contributed by atoms with Gasteiger partial charge in [0.05, 0.1) is 5.92 Å². The minimum absolute atomic E-state index is 0.128. The van der Waals surface area contributed by atoms with E-state index in [0.717, 1.165) is 12.3 Å². The lowest BCUT2D eigenvalue weighted by molar-refractivity contribution is -0.136. The lowest BCUT2D eigenvalue weighted by Gasteiger charge is -2.37. The van der Waals surface area contributed by atoms with Gasteiger partial charge in [-0.3, -0.25) is 4.79 Å². The van der Waals surface area contributed by atoms with E-state index < -0.39 is 0 Å². The van der Waals surface area contributed by atoms with Crippen LogP contribution in [0.15, 0.2) is 23.0 Å². The predicted octanol–water partition coefficient (Wildman–Crippen LogP) is 2.81. The third-order valence-corrected chi connectivity index (χ3v) is 5.28. The van der Waals surface area contributed by atoms with Crippen LogP contribution in [0.5, 0.6) is 0 Å². The summed E-state index contributed by atoms with van der Waals surface area (Å²) in [5.41, 5.74) is 0. The minimum atomic E-state index is 0.128. The Kier molecular flexibility index (Phi) is 4.72. The third kappa shape index (κ3) is 3.70. The zero-order valence-electron chi connectivity index (χ0n) is 14.3. The lowest BCUT2D eigenvalue weighted by Crippen LogP contribution is -2.48. The number of nitrogens with zero attached hydrogens (tertiary/aromatic N) is 5. The molecule has 3 heterocycles. The number of aromatic nitrogens is 4. The van der Waals surface area contributed by atoms with Crippen molar-refractivity contribution >= 4 is 5.91 Å². The summed E-state index contributed by atoms with van der Waals surface area (Å²) in [5, 5.41) is 3.94. The van der Waals surface area contributed by atoms with Gasteiger partial charge in [-0.1, -0.05) is 37.3 Å². The molecule has 2 aromatic heterocycles. The molecule has 1 saturated heterocycles. The Bertz CT molecular complexity index is 705. The van der Waals surface area contributed by atoms with Crippen molar-refractivity contribution in [3.8, 4) is 11.6 Å². The van der Waals surface area contributed by atoms with Gasteiger partial charge >= 0.3 is 0 Å². The van der Waals surface area contributed by atoms with E-state index in [2.05, 4.69) is 20.1 Å². The largest absolute Gasteiger partial charge is 0.341 e. The maximum atomic E-state index is 12.3. The summed E-state index contributed by atoms with van der Waals surface area (Å²) in [6.07, 6.45) is 11.6. The van der Waals surface area contributed by atoms with E-state index in [1.54, 1.807) is 18.5 Å². The van der Waals surface area contributed by atoms with E-state index >= 15 is 0 Å². The average Bonchev–Trinajstić information content (AvgIpc) is 3.10. The van der Waals surface area contributed by atoms with Crippen LogP contribution in [0.3, 0.4) is 0 Å². The standard InChI is InChI=1S/C18H23N5O2/c24-15(8-7-13-5-2-1-3-6-13)23-11-14(12-23)18-21-17(22-25-18)16-19-9-4-10-20-16/h4,9-10,13-14H,1-3,5-8,11-12H2. The molecule has 0 radical (unpaired) electrons. The Morgan fingerprint density at radius 2 is 1.88 bits per heavy atom. The fourth-order valence-electron chi connectivity index (χ4n) is 3.71. The summed E-state index contributed by atoms with van der Waals surface area (Å²) >= 11 is 0. The van der Waals surface area contributed by atoms with Crippen LogP contribution >= 0.6 is 0 Å². The highest BCUT2D eigenvalue weighted by molar-refractivity contribution is 5.77. The van der Waals surface area contributed by atoms with Crippen LogP contribution in [-0.4, -0.2) is 44.0 Å². The molecular formula is C18H23N5O2. The van der Waals surface area contributed by atoms with Gasteiger partial charge in [-0.25, -0.2) is 9.97 Å². The quantitative estimate of drug-likeness (QED) is 0.831. The maximum absolute atomic E-state index is 12.3. The van der Waals surface area contributed by atoms with Gasteiger partial charge in [0, 0.05) is 31.9 Å². The molecule has 4 rings (SSSR count). The molecule has 7 nitrogen and oxygen atoms in total. The van der Waals surface area contributed by atoms with Gasteiger partial charge in [0.15, 0.2) is 0 Å². The first-order valence-electron chi connectivity index (χ1n) is 9.18. The molecule has 0 bridgehead atoms. The van der Waals surface area contributed by atoms with Gasteiger partial charge < -0.3 is 9.42 Å². The van der Waals surface area contributed by atoms with Crippen molar-refractivity contribution in [1.82, 2.24) is 25.0 Å². The Morgan fingerprint density at radius 3 is 2.64 bits per heavy atom. The van der Waals surface area contributed by atoms with Crippen LogP contribution in [-0.2, 0) is 4.79 Å². The highest BCUT2D eigenvalue weighted by Crippen LogP contribution is 2.30. The number of amides is 1. The molecule has 2 fully saturated rings. The van der Waals surface area contributed by atoms with Crippen LogP contribution in [0.1, 0.15) is 56.8 Å². The van der Waals surface area contributed by atoms with Crippen molar-refractivity contribution in [3.05, 3.63) is 24.4 Å². The minimum Gasteiger partial charge on any atom is -0.341 e. The Hall–Kier alpha value is -2.31. The fraction of sp³-hybridized carbons (Fsp3) is 0.611. The van der Waals surface area contributed by atoms with Gasteiger partial charge in [0.1, 0.15) is 0 Å². The highest BCUT2D eigenvalue weighted by atomic mass is 16.5. The summed E-state index contributed by atoms with van der Waals surface area (Å²) in [7, 11) is 0. The summed E-state index contributed by atoms with van der Waals surface area (Å²) < 4.78 is 5.33. The first-order valence-corrected chi connectivity index (χ1v) is 9.18. The molecule has 7 heteroatoms. The molecule has 1 aliphatic carbocycles. The SMILES string of the molecule is O=C(CCC1CCCCC1)N1CC(c2nc(-c3ncccn3)no2)C1. The van der Waals surface area contributed by atoms with Crippen molar-refractivity contribution in [1.29, 1.82) is 0 Å². The van der Waals surface area contributed by atoms with Gasteiger partial charge in [-0.05, 0) is 18.4 Å². The second-order valence-corrected chi connectivity index (χ2v) is 7.07. The molecule has 1 amide bonds. The molecule has 25 heavy (non-hydrogen) atoms. The van der Waals surface area contributed by atoms with Crippen LogP contribution in [0, 0.1) is 5.92 Å². The van der Waals surface area contributed by atoms with E-state index in [-0.39, 0.29) is 11.8 Å². The number of hydrogen-bond acceptors (Lipinski definition) is 6. The van der Waals surface area contributed by atoms with E-state index in [1.807, 2.05) is 4.90 Å². The first-order chi connectivity index (χ1) is 12.3. The van der Waals surface area contributed by atoms with Gasteiger partial charge in [0.2, 0.25) is 23.4 Å². The van der Waals surface area contributed by atoms with Crippen LogP contribution in [0.25, 0.3) is 11.6 Å². The molecular weight excluding hydrogens is 318 g/mol. The second-order valence-electron chi connectivity index (χ2n) is 7.07. The summed E-state index contributed by atoms with van der Waals surface area (Å²) in [5.74, 6) is 2.56. The van der Waals surface area contributed by atoms with Crippen LogP contribution in [0.4, 0.5) is 0 Å². The number of carbonyl (C=O) groups excluding carboxylic acids is 1. The summed E-state index contributed by atoms with van der Waals surface area (Å²) in [6.45, 7) is 1.33. The van der Waals surface area contributed by atoms with E-state index in [0.29, 0.717) is 37.0 Å². The molecule has 0 N–H and O–H groups in total. The fourth-order valence-corrected chi connectivity index (χ4v) is 3.71.